The third kappa shape index (κ3) is 4.49. The van der Waals surface area contributed by atoms with Crippen LogP contribution < -0.4 is 15.8 Å². The molecule has 0 aliphatic heterocycles. The average molecular weight is 328 g/mol. The first kappa shape index (κ1) is 17.3. The van der Waals surface area contributed by atoms with Crippen LogP contribution in [0.4, 0.5) is 11.4 Å². The van der Waals surface area contributed by atoms with Crippen molar-refractivity contribution in [3.63, 3.8) is 0 Å². The zero-order valence-electron chi connectivity index (χ0n) is 13.7. The fourth-order valence-corrected chi connectivity index (χ4v) is 2.04. The van der Waals surface area contributed by atoms with Gasteiger partial charge >= 0.3 is 5.97 Å². The van der Waals surface area contributed by atoms with Crippen molar-refractivity contribution < 1.29 is 19.1 Å². The SMILES string of the molecule is CCOC(=O)c1ccc(N)c(OCC(=O)Nc2ccccc2C)c1. The quantitative estimate of drug-likeness (QED) is 0.628. The standard InChI is InChI=1S/C18H20N2O4/c1-3-23-18(22)13-8-9-14(19)16(10-13)24-11-17(21)20-15-7-5-4-6-12(15)2/h4-10H,3,11,19H2,1-2H3,(H,20,21). The third-order valence-corrected chi connectivity index (χ3v) is 3.30. The van der Waals surface area contributed by atoms with Gasteiger partial charge in [-0.3, -0.25) is 4.79 Å². The summed E-state index contributed by atoms with van der Waals surface area (Å²) in [7, 11) is 0. The minimum absolute atomic E-state index is 0.217. The van der Waals surface area contributed by atoms with E-state index in [4.69, 9.17) is 15.2 Å². The molecule has 126 valence electrons. The van der Waals surface area contributed by atoms with E-state index >= 15 is 0 Å². The van der Waals surface area contributed by atoms with Crippen LogP contribution in [0.5, 0.6) is 5.75 Å². The molecule has 2 rings (SSSR count). The summed E-state index contributed by atoms with van der Waals surface area (Å²) in [6.07, 6.45) is 0. The predicted octanol–water partition coefficient (Wildman–Crippen LogP) is 2.77. The number of nitrogens with two attached hydrogens (primary N) is 1. The second kappa shape index (κ2) is 8.01. The number of benzene rings is 2. The van der Waals surface area contributed by atoms with Crippen LogP contribution in [0.15, 0.2) is 42.5 Å². The molecule has 0 atom stereocenters. The van der Waals surface area contributed by atoms with Crippen LogP contribution in [-0.4, -0.2) is 25.1 Å². The molecule has 1 amide bonds. The Morgan fingerprint density at radius 3 is 2.62 bits per heavy atom. The van der Waals surface area contributed by atoms with Gasteiger partial charge in [0.05, 0.1) is 17.9 Å². The Balaban J connectivity index is 2.00. The monoisotopic (exact) mass is 328 g/mol. The first-order valence-corrected chi connectivity index (χ1v) is 7.56. The lowest BCUT2D eigenvalue weighted by Gasteiger charge is -2.11. The second-order valence-corrected chi connectivity index (χ2v) is 5.12. The van der Waals surface area contributed by atoms with Gasteiger partial charge in [-0.25, -0.2) is 4.79 Å². The van der Waals surface area contributed by atoms with Crippen molar-refractivity contribution >= 4 is 23.3 Å². The average Bonchev–Trinajstić information content (AvgIpc) is 2.56. The van der Waals surface area contributed by atoms with Gasteiger partial charge in [0.15, 0.2) is 6.61 Å². The Labute approximate surface area is 140 Å². The Hall–Kier alpha value is -3.02. The lowest BCUT2D eigenvalue weighted by atomic mass is 10.2. The molecule has 0 saturated carbocycles. The van der Waals surface area contributed by atoms with E-state index in [1.807, 2.05) is 31.2 Å². The molecule has 0 spiro atoms. The first-order valence-electron chi connectivity index (χ1n) is 7.56. The lowest BCUT2D eigenvalue weighted by molar-refractivity contribution is -0.118. The van der Waals surface area contributed by atoms with Gasteiger partial charge in [-0.2, -0.15) is 0 Å². The maximum Gasteiger partial charge on any atom is 0.338 e. The highest BCUT2D eigenvalue weighted by Crippen LogP contribution is 2.23. The van der Waals surface area contributed by atoms with E-state index in [9.17, 15) is 9.59 Å². The molecule has 0 unspecified atom stereocenters. The van der Waals surface area contributed by atoms with E-state index in [1.165, 1.54) is 6.07 Å². The van der Waals surface area contributed by atoms with Crippen molar-refractivity contribution in [1.82, 2.24) is 0 Å². The van der Waals surface area contributed by atoms with E-state index in [0.29, 0.717) is 11.3 Å². The molecule has 0 aliphatic carbocycles. The number of carbonyl (C=O) groups is 2. The van der Waals surface area contributed by atoms with E-state index in [1.54, 1.807) is 19.1 Å². The van der Waals surface area contributed by atoms with Crippen LogP contribution in [0.3, 0.4) is 0 Å². The maximum absolute atomic E-state index is 12.0. The van der Waals surface area contributed by atoms with Crippen LogP contribution in [0.1, 0.15) is 22.8 Å². The number of para-hydroxylation sites is 1. The highest BCUT2D eigenvalue weighted by atomic mass is 16.5. The number of carbonyl (C=O) groups excluding carboxylic acids is 2. The van der Waals surface area contributed by atoms with E-state index < -0.39 is 5.97 Å². The van der Waals surface area contributed by atoms with Crippen LogP contribution in [0, 0.1) is 6.92 Å². The van der Waals surface area contributed by atoms with Crippen molar-refractivity contribution in [2.24, 2.45) is 0 Å². The molecular weight excluding hydrogens is 308 g/mol. The number of aryl methyl sites for hydroxylation is 1. The summed E-state index contributed by atoms with van der Waals surface area (Å²) in [5.74, 6) is -0.516. The molecule has 0 aromatic heterocycles. The van der Waals surface area contributed by atoms with Crippen LogP contribution in [-0.2, 0) is 9.53 Å². The van der Waals surface area contributed by atoms with Crippen LogP contribution >= 0.6 is 0 Å². The van der Waals surface area contributed by atoms with E-state index in [2.05, 4.69) is 5.32 Å². The number of rotatable bonds is 6. The van der Waals surface area contributed by atoms with E-state index in [0.717, 1.165) is 11.3 Å². The molecule has 24 heavy (non-hydrogen) atoms. The first-order chi connectivity index (χ1) is 11.5. The summed E-state index contributed by atoms with van der Waals surface area (Å²) in [5.41, 5.74) is 8.15. The molecule has 6 heteroatoms. The van der Waals surface area contributed by atoms with Gasteiger partial charge < -0.3 is 20.5 Å². The summed E-state index contributed by atoms with van der Waals surface area (Å²) < 4.78 is 10.4. The number of nitrogen functional groups attached to an aromatic ring is 1. The van der Waals surface area contributed by atoms with Gasteiger partial charge in [-0.15, -0.1) is 0 Å². The topological polar surface area (TPSA) is 90.7 Å². The highest BCUT2D eigenvalue weighted by molar-refractivity contribution is 5.93. The number of hydrogen-bond donors (Lipinski definition) is 2. The van der Waals surface area contributed by atoms with Crippen molar-refractivity contribution in [3.05, 3.63) is 53.6 Å². The number of esters is 1. The second-order valence-electron chi connectivity index (χ2n) is 5.12. The normalized spacial score (nSPS) is 10.1. The van der Waals surface area contributed by atoms with Crippen molar-refractivity contribution in [2.45, 2.75) is 13.8 Å². The van der Waals surface area contributed by atoms with E-state index in [-0.39, 0.29) is 24.9 Å². The Morgan fingerprint density at radius 2 is 1.92 bits per heavy atom. The van der Waals surface area contributed by atoms with Gasteiger partial charge in [0.2, 0.25) is 0 Å². The molecule has 0 bridgehead atoms. The Kier molecular flexibility index (Phi) is 5.78. The molecule has 0 fully saturated rings. The molecule has 2 aromatic carbocycles. The summed E-state index contributed by atoms with van der Waals surface area (Å²) >= 11 is 0. The van der Waals surface area contributed by atoms with Gasteiger partial charge in [0, 0.05) is 5.69 Å². The zero-order chi connectivity index (χ0) is 17.5. The van der Waals surface area contributed by atoms with Crippen molar-refractivity contribution in [1.29, 1.82) is 0 Å². The molecule has 0 heterocycles. The maximum atomic E-state index is 12.0. The molecule has 0 saturated heterocycles. The molecular formula is C18H20N2O4. The van der Waals surface area contributed by atoms with Gasteiger partial charge in [-0.1, -0.05) is 18.2 Å². The number of nitrogens with one attached hydrogen (secondary N) is 1. The van der Waals surface area contributed by atoms with Crippen LogP contribution in [0.2, 0.25) is 0 Å². The predicted molar refractivity (Wildman–Crippen MR) is 92.1 cm³/mol. The van der Waals surface area contributed by atoms with Crippen molar-refractivity contribution in [3.8, 4) is 5.75 Å². The number of amides is 1. The van der Waals surface area contributed by atoms with Crippen molar-refractivity contribution in [2.75, 3.05) is 24.3 Å². The minimum atomic E-state index is -0.466. The molecule has 6 nitrogen and oxygen atoms in total. The highest BCUT2D eigenvalue weighted by Gasteiger charge is 2.12. The Morgan fingerprint density at radius 1 is 1.17 bits per heavy atom. The molecule has 2 aromatic rings. The summed E-state index contributed by atoms with van der Waals surface area (Å²) in [6, 6.07) is 12.0. The van der Waals surface area contributed by atoms with Crippen LogP contribution in [0.25, 0.3) is 0 Å². The Bertz CT molecular complexity index is 744. The number of ether oxygens (including phenoxy) is 2. The molecule has 3 N–H and O–H groups in total. The molecule has 0 aliphatic rings. The number of anilines is 2. The summed E-state index contributed by atoms with van der Waals surface area (Å²) in [6.45, 7) is 3.68. The zero-order valence-corrected chi connectivity index (χ0v) is 13.7. The smallest absolute Gasteiger partial charge is 0.338 e. The van der Waals surface area contributed by atoms with Gasteiger partial charge in [0.25, 0.3) is 5.91 Å². The fraction of sp³-hybridized carbons (Fsp3) is 0.222. The number of hydrogen-bond acceptors (Lipinski definition) is 5. The lowest BCUT2D eigenvalue weighted by Crippen LogP contribution is -2.21. The minimum Gasteiger partial charge on any atom is -0.482 e. The fourth-order valence-electron chi connectivity index (χ4n) is 2.04. The summed E-state index contributed by atoms with van der Waals surface area (Å²) in [4.78, 5) is 23.7. The third-order valence-electron chi connectivity index (χ3n) is 3.30. The van der Waals surface area contributed by atoms with Gasteiger partial charge in [0.1, 0.15) is 5.75 Å². The van der Waals surface area contributed by atoms with Gasteiger partial charge in [-0.05, 0) is 43.7 Å². The summed E-state index contributed by atoms with van der Waals surface area (Å²) in [5, 5.41) is 2.76. The largest absolute Gasteiger partial charge is 0.482 e. The molecule has 0 radical (unpaired) electrons.